The van der Waals surface area contributed by atoms with Crippen LogP contribution >= 0.6 is 0 Å². The van der Waals surface area contributed by atoms with Gasteiger partial charge in [0.2, 0.25) is 5.91 Å². The number of carbonyl (C=O) groups is 2. The molecule has 15 heavy (non-hydrogen) atoms. The topological polar surface area (TPSA) is 72.2 Å². The van der Waals surface area contributed by atoms with Crippen LogP contribution in [-0.2, 0) is 16.0 Å². The number of amides is 1. The van der Waals surface area contributed by atoms with Gasteiger partial charge >= 0.3 is 0 Å². The second kappa shape index (κ2) is 5.93. The fourth-order valence-electron chi connectivity index (χ4n) is 1.27. The minimum absolute atomic E-state index is 0.0981. The van der Waals surface area contributed by atoms with E-state index in [0.29, 0.717) is 6.42 Å². The van der Waals surface area contributed by atoms with Gasteiger partial charge in [-0.25, -0.2) is 0 Å². The summed E-state index contributed by atoms with van der Waals surface area (Å²) < 4.78 is 0. The van der Waals surface area contributed by atoms with E-state index >= 15 is 0 Å². The molecule has 3 N–H and O–H groups in total. The fraction of sp³-hybridized carbons (Fsp3) is 0.273. The van der Waals surface area contributed by atoms with Crippen LogP contribution in [0.5, 0.6) is 0 Å². The highest BCUT2D eigenvalue weighted by Gasteiger charge is 2.10. The third kappa shape index (κ3) is 3.91. The van der Waals surface area contributed by atoms with Crippen LogP contribution in [0.1, 0.15) is 5.56 Å². The van der Waals surface area contributed by atoms with E-state index in [1.165, 1.54) is 0 Å². The van der Waals surface area contributed by atoms with E-state index in [2.05, 4.69) is 5.32 Å². The van der Waals surface area contributed by atoms with E-state index < -0.39 is 6.04 Å². The van der Waals surface area contributed by atoms with Gasteiger partial charge in [0.25, 0.3) is 0 Å². The molecule has 1 atom stereocenters. The van der Waals surface area contributed by atoms with Crippen molar-refractivity contribution in [2.75, 3.05) is 6.54 Å². The summed E-state index contributed by atoms with van der Waals surface area (Å²) in [7, 11) is 0. The first-order valence-corrected chi connectivity index (χ1v) is 4.75. The van der Waals surface area contributed by atoms with Crippen molar-refractivity contribution >= 4 is 12.2 Å². The number of aldehydes is 1. The van der Waals surface area contributed by atoms with Gasteiger partial charge in [0.05, 0.1) is 12.6 Å². The second-order valence-corrected chi connectivity index (χ2v) is 3.20. The van der Waals surface area contributed by atoms with E-state index in [4.69, 9.17) is 5.73 Å². The molecule has 0 bridgehead atoms. The van der Waals surface area contributed by atoms with Gasteiger partial charge in [-0.05, 0) is 12.0 Å². The van der Waals surface area contributed by atoms with Crippen LogP contribution in [0.15, 0.2) is 30.3 Å². The smallest absolute Gasteiger partial charge is 0.234 e. The Balaban J connectivity index is 2.54. The molecule has 4 nitrogen and oxygen atoms in total. The van der Waals surface area contributed by atoms with Crippen molar-refractivity contribution in [1.29, 1.82) is 0 Å². The summed E-state index contributed by atoms with van der Waals surface area (Å²) in [6.45, 7) is -0.0981. The molecule has 80 valence electrons. The standard InChI is InChI=1S/C11H14N2O2/c12-7-11(15)13-10(8-14)6-9-4-2-1-3-5-9/h1-5,8,10H,6-7,12H2,(H,13,15)/t10-/m0/s1. The summed E-state index contributed by atoms with van der Waals surface area (Å²) in [6.07, 6.45) is 1.22. The monoisotopic (exact) mass is 206 g/mol. The molecule has 0 saturated heterocycles. The van der Waals surface area contributed by atoms with Crippen molar-refractivity contribution in [1.82, 2.24) is 5.32 Å². The Morgan fingerprint density at radius 2 is 2.07 bits per heavy atom. The Bertz CT molecular complexity index is 325. The van der Waals surface area contributed by atoms with Crippen molar-refractivity contribution < 1.29 is 9.59 Å². The van der Waals surface area contributed by atoms with Gasteiger partial charge in [0.1, 0.15) is 6.29 Å². The first-order valence-electron chi connectivity index (χ1n) is 4.75. The molecule has 0 fully saturated rings. The SMILES string of the molecule is NCC(=O)N[C@H](C=O)Cc1ccccc1. The maximum absolute atomic E-state index is 11.0. The Labute approximate surface area is 88.5 Å². The molecule has 0 aromatic heterocycles. The number of rotatable bonds is 5. The maximum Gasteiger partial charge on any atom is 0.234 e. The minimum Gasteiger partial charge on any atom is -0.345 e. The van der Waals surface area contributed by atoms with Crippen LogP contribution in [-0.4, -0.2) is 24.8 Å². The molecular formula is C11H14N2O2. The lowest BCUT2D eigenvalue weighted by Gasteiger charge is -2.11. The lowest BCUT2D eigenvalue weighted by molar-refractivity contribution is -0.122. The van der Waals surface area contributed by atoms with Gasteiger partial charge in [-0.2, -0.15) is 0 Å². The maximum atomic E-state index is 11.0. The van der Waals surface area contributed by atoms with E-state index in [1.807, 2.05) is 30.3 Å². The summed E-state index contributed by atoms with van der Waals surface area (Å²) in [6, 6.07) is 9.00. The zero-order valence-electron chi connectivity index (χ0n) is 8.35. The molecule has 0 saturated carbocycles. The van der Waals surface area contributed by atoms with Crippen molar-refractivity contribution in [3.8, 4) is 0 Å². The van der Waals surface area contributed by atoms with Crippen LogP contribution in [0.4, 0.5) is 0 Å². The van der Waals surface area contributed by atoms with E-state index in [9.17, 15) is 9.59 Å². The average molecular weight is 206 g/mol. The molecule has 1 aromatic carbocycles. The highest BCUT2D eigenvalue weighted by Crippen LogP contribution is 2.01. The van der Waals surface area contributed by atoms with Crippen molar-refractivity contribution in [3.63, 3.8) is 0 Å². The number of nitrogens with one attached hydrogen (secondary N) is 1. The summed E-state index contributed by atoms with van der Waals surface area (Å²) in [5.41, 5.74) is 6.15. The highest BCUT2D eigenvalue weighted by atomic mass is 16.2. The van der Waals surface area contributed by atoms with Gasteiger partial charge in [-0.1, -0.05) is 30.3 Å². The predicted molar refractivity (Wildman–Crippen MR) is 57.2 cm³/mol. The van der Waals surface area contributed by atoms with Gasteiger partial charge in [0, 0.05) is 0 Å². The molecule has 1 aromatic rings. The predicted octanol–water partition coefficient (Wildman–Crippen LogP) is -0.128. The summed E-state index contributed by atoms with van der Waals surface area (Å²) in [5.74, 6) is -0.317. The Hall–Kier alpha value is -1.68. The third-order valence-electron chi connectivity index (χ3n) is 1.99. The second-order valence-electron chi connectivity index (χ2n) is 3.20. The number of benzene rings is 1. The lowest BCUT2D eigenvalue weighted by atomic mass is 10.1. The number of hydrogen-bond donors (Lipinski definition) is 2. The molecule has 0 aliphatic rings. The number of nitrogens with two attached hydrogens (primary N) is 1. The largest absolute Gasteiger partial charge is 0.345 e. The Morgan fingerprint density at radius 1 is 1.40 bits per heavy atom. The zero-order chi connectivity index (χ0) is 11.1. The molecule has 0 radical (unpaired) electrons. The third-order valence-corrected chi connectivity index (χ3v) is 1.99. The molecule has 0 aliphatic heterocycles. The molecule has 0 spiro atoms. The first-order chi connectivity index (χ1) is 7.26. The number of hydrogen-bond acceptors (Lipinski definition) is 3. The molecule has 4 heteroatoms. The van der Waals surface area contributed by atoms with Crippen LogP contribution in [0.3, 0.4) is 0 Å². The molecule has 1 rings (SSSR count). The Kier molecular flexibility index (Phi) is 4.50. The average Bonchev–Trinajstić information content (AvgIpc) is 2.29. The lowest BCUT2D eigenvalue weighted by Crippen LogP contribution is -2.40. The quantitative estimate of drug-likeness (QED) is 0.659. The zero-order valence-corrected chi connectivity index (χ0v) is 8.35. The van der Waals surface area contributed by atoms with Crippen molar-refractivity contribution in [2.45, 2.75) is 12.5 Å². The minimum atomic E-state index is -0.497. The fourth-order valence-corrected chi connectivity index (χ4v) is 1.27. The van der Waals surface area contributed by atoms with E-state index in [0.717, 1.165) is 11.8 Å². The molecule has 0 unspecified atom stereocenters. The van der Waals surface area contributed by atoms with Crippen LogP contribution < -0.4 is 11.1 Å². The van der Waals surface area contributed by atoms with Gasteiger partial charge in [0.15, 0.2) is 0 Å². The Morgan fingerprint density at radius 3 is 2.60 bits per heavy atom. The summed E-state index contributed by atoms with van der Waals surface area (Å²) in [5, 5.41) is 2.53. The molecule has 0 heterocycles. The normalized spacial score (nSPS) is 11.8. The van der Waals surface area contributed by atoms with Crippen LogP contribution in [0, 0.1) is 0 Å². The summed E-state index contributed by atoms with van der Waals surface area (Å²) in [4.78, 5) is 21.7. The van der Waals surface area contributed by atoms with Gasteiger partial charge < -0.3 is 15.8 Å². The molecule has 1 amide bonds. The van der Waals surface area contributed by atoms with Gasteiger partial charge in [-0.3, -0.25) is 4.79 Å². The van der Waals surface area contributed by atoms with Crippen LogP contribution in [0.25, 0.3) is 0 Å². The van der Waals surface area contributed by atoms with Crippen molar-refractivity contribution in [3.05, 3.63) is 35.9 Å². The molecule has 0 aliphatic carbocycles. The van der Waals surface area contributed by atoms with Crippen LogP contribution in [0.2, 0.25) is 0 Å². The van der Waals surface area contributed by atoms with E-state index in [1.54, 1.807) is 0 Å². The highest BCUT2D eigenvalue weighted by molar-refractivity contribution is 5.81. The summed E-state index contributed by atoms with van der Waals surface area (Å²) >= 11 is 0. The molecular weight excluding hydrogens is 192 g/mol. The first kappa shape index (κ1) is 11.4. The van der Waals surface area contributed by atoms with E-state index in [-0.39, 0.29) is 12.5 Å². The van der Waals surface area contributed by atoms with Gasteiger partial charge in [-0.15, -0.1) is 0 Å². The number of carbonyl (C=O) groups excluding carboxylic acids is 2. The van der Waals surface area contributed by atoms with Crippen molar-refractivity contribution in [2.24, 2.45) is 5.73 Å².